The van der Waals surface area contributed by atoms with Crippen molar-refractivity contribution in [1.29, 1.82) is 0 Å². The molecule has 0 saturated heterocycles. The monoisotopic (exact) mass is 203 g/mol. The van der Waals surface area contributed by atoms with Crippen LogP contribution in [0.4, 0.5) is 8.78 Å². The Morgan fingerprint density at radius 1 is 1.57 bits per heavy atom. The zero-order valence-corrected chi connectivity index (χ0v) is 7.53. The van der Waals surface area contributed by atoms with E-state index >= 15 is 0 Å². The van der Waals surface area contributed by atoms with Gasteiger partial charge in [0.25, 0.3) is 6.43 Å². The molecular weight excluding hydrogens is 192 g/mol. The minimum Gasteiger partial charge on any atom is -0.374 e. The van der Waals surface area contributed by atoms with Crippen molar-refractivity contribution in [1.82, 2.24) is 4.57 Å². The average molecular weight is 203 g/mol. The molecule has 0 spiro atoms. The fourth-order valence-corrected chi connectivity index (χ4v) is 1.07. The van der Waals surface area contributed by atoms with E-state index < -0.39 is 13.0 Å². The summed E-state index contributed by atoms with van der Waals surface area (Å²) in [5.41, 5.74) is 0.519. The summed E-state index contributed by atoms with van der Waals surface area (Å²) in [6.45, 7) is 0.0331. The van der Waals surface area contributed by atoms with Gasteiger partial charge in [0, 0.05) is 12.7 Å². The summed E-state index contributed by atoms with van der Waals surface area (Å²) in [7, 11) is 0. The van der Waals surface area contributed by atoms with Crippen LogP contribution in [-0.2, 0) is 11.3 Å². The quantitative estimate of drug-likeness (QED) is 0.519. The van der Waals surface area contributed by atoms with Gasteiger partial charge in [-0.05, 0) is 12.1 Å². The lowest BCUT2D eigenvalue weighted by Gasteiger charge is -2.05. The number of hydrogen-bond donors (Lipinski definition) is 0. The Balaban J connectivity index is 2.27. The number of carbonyl (C=O) groups excluding carboxylic acids is 1. The first-order valence-electron chi connectivity index (χ1n) is 4.20. The Hall–Kier alpha value is -1.23. The van der Waals surface area contributed by atoms with Crippen LogP contribution in [0.5, 0.6) is 0 Å². The molecule has 1 rings (SSSR count). The van der Waals surface area contributed by atoms with E-state index in [4.69, 9.17) is 0 Å². The Bertz CT molecular complexity index is 286. The molecule has 0 atom stereocenters. The summed E-state index contributed by atoms with van der Waals surface area (Å²) in [6.07, 6.45) is -0.0204. The molecular formula is C9H11F2NO2. The van der Waals surface area contributed by atoms with Crippen LogP contribution in [0.15, 0.2) is 18.3 Å². The lowest BCUT2D eigenvalue weighted by molar-refractivity contribution is 0.0147. The van der Waals surface area contributed by atoms with Crippen molar-refractivity contribution in [2.75, 3.05) is 13.2 Å². The van der Waals surface area contributed by atoms with E-state index in [9.17, 15) is 13.6 Å². The fraction of sp³-hybridized carbons (Fsp3) is 0.444. The van der Waals surface area contributed by atoms with Gasteiger partial charge in [-0.3, -0.25) is 4.79 Å². The molecule has 0 aliphatic rings. The van der Waals surface area contributed by atoms with Gasteiger partial charge in [0.05, 0.1) is 12.3 Å². The lowest BCUT2D eigenvalue weighted by Crippen LogP contribution is -2.11. The van der Waals surface area contributed by atoms with Crippen LogP contribution in [0.1, 0.15) is 10.5 Å². The third-order valence-electron chi connectivity index (χ3n) is 1.71. The molecule has 1 aromatic heterocycles. The second-order valence-corrected chi connectivity index (χ2v) is 2.71. The summed E-state index contributed by atoms with van der Waals surface area (Å²) in [5.74, 6) is 0. The zero-order valence-electron chi connectivity index (χ0n) is 7.53. The second-order valence-electron chi connectivity index (χ2n) is 2.71. The SMILES string of the molecule is O=Cc1cccn1CCOCC(F)F. The Labute approximate surface area is 80.3 Å². The maximum absolute atomic E-state index is 11.7. The number of hydrogen-bond acceptors (Lipinski definition) is 2. The summed E-state index contributed by atoms with van der Waals surface area (Å²) >= 11 is 0. The third-order valence-corrected chi connectivity index (χ3v) is 1.71. The van der Waals surface area contributed by atoms with Crippen molar-refractivity contribution in [3.63, 3.8) is 0 Å². The molecule has 5 heteroatoms. The standard InChI is InChI=1S/C9H11F2NO2/c10-9(11)7-14-5-4-12-3-1-2-8(12)6-13/h1-3,6,9H,4-5,7H2. The number of halogens is 2. The molecule has 14 heavy (non-hydrogen) atoms. The molecule has 1 heterocycles. The van der Waals surface area contributed by atoms with Crippen molar-refractivity contribution in [3.8, 4) is 0 Å². The molecule has 0 aliphatic heterocycles. The molecule has 78 valence electrons. The molecule has 0 aromatic carbocycles. The Morgan fingerprint density at radius 2 is 2.36 bits per heavy atom. The first-order chi connectivity index (χ1) is 6.74. The van der Waals surface area contributed by atoms with Gasteiger partial charge in [0.15, 0.2) is 6.29 Å². The smallest absolute Gasteiger partial charge is 0.261 e. The summed E-state index contributed by atoms with van der Waals surface area (Å²) < 4.78 is 29.6. The highest BCUT2D eigenvalue weighted by Gasteiger charge is 2.02. The van der Waals surface area contributed by atoms with Gasteiger partial charge in [-0.25, -0.2) is 8.78 Å². The van der Waals surface area contributed by atoms with Crippen LogP contribution in [0, 0.1) is 0 Å². The van der Waals surface area contributed by atoms with E-state index in [1.165, 1.54) is 0 Å². The molecule has 0 fully saturated rings. The van der Waals surface area contributed by atoms with Crippen molar-refractivity contribution in [2.24, 2.45) is 0 Å². The highest BCUT2D eigenvalue weighted by Crippen LogP contribution is 1.99. The molecule has 0 saturated carbocycles. The van der Waals surface area contributed by atoms with Gasteiger partial charge in [-0.15, -0.1) is 0 Å². The van der Waals surface area contributed by atoms with E-state index in [2.05, 4.69) is 4.74 Å². The van der Waals surface area contributed by atoms with E-state index in [-0.39, 0.29) is 6.61 Å². The maximum atomic E-state index is 11.7. The molecule has 3 nitrogen and oxygen atoms in total. The van der Waals surface area contributed by atoms with Crippen LogP contribution >= 0.6 is 0 Å². The van der Waals surface area contributed by atoms with Gasteiger partial charge >= 0.3 is 0 Å². The Kier molecular flexibility index (Phi) is 4.25. The van der Waals surface area contributed by atoms with Crippen molar-refractivity contribution in [3.05, 3.63) is 24.0 Å². The van der Waals surface area contributed by atoms with E-state index in [1.54, 1.807) is 22.9 Å². The maximum Gasteiger partial charge on any atom is 0.261 e. The third kappa shape index (κ3) is 3.26. The predicted molar refractivity (Wildman–Crippen MR) is 46.6 cm³/mol. The molecule has 0 N–H and O–H groups in total. The number of carbonyl (C=O) groups is 1. The molecule has 1 aromatic rings. The fourth-order valence-electron chi connectivity index (χ4n) is 1.07. The largest absolute Gasteiger partial charge is 0.374 e. The summed E-state index contributed by atoms with van der Waals surface area (Å²) in [5, 5.41) is 0. The van der Waals surface area contributed by atoms with Crippen LogP contribution in [-0.4, -0.2) is 30.5 Å². The van der Waals surface area contributed by atoms with Crippen molar-refractivity contribution >= 4 is 6.29 Å². The molecule has 0 aliphatic carbocycles. The van der Waals surface area contributed by atoms with Gasteiger partial charge in [0.2, 0.25) is 0 Å². The van der Waals surface area contributed by atoms with E-state index in [1.807, 2.05) is 0 Å². The minimum absolute atomic E-state index is 0.180. The van der Waals surface area contributed by atoms with Crippen molar-refractivity contribution in [2.45, 2.75) is 13.0 Å². The van der Waals surface area contributed by atoms with Crippen LogP contribution in [0.25, 0.3) is 0 Å². The number of aldehydes is 1. The minimum atomic E-state index is -2.44. The van der Waals surface area contributed by atoms with Gasteiger partial charge < -0.3 is 9.30 Å². The lowest BCUT2D eigenvalue weighted by atomic mass is 10.5. The van der Waals surface area contributed by atoms with E-state index in [0.717, 1.165) is 0 Å². The first kappa shape index (κ1) is 10.8. The summed E-state index contributed by atoms with van der Waals surface area (Å²) in [6, 6.07) is 3.37. The predicted octanol–water partition coefficient (Wildman–Crippen LogP) is 1.58. The highest BCUT2D eigenvalue weighted by molar-refractivity contribution is 5.72. The molecule has 0 radical (unpaired) electrons. The number of nitrogens with zero attached hydrogens (tertiary/aromatic N) is 1. The van der Waals surface area contributed by atoms with Gasteiger partial charge in [-0.2, -0.15) is 0 Å². The highest BCUT2D eigenvalue weighted by atomic mass is 19.3. The van der Waals surface area contributed by atoms with E-state index in [0.29, 0.717) is 18.5 Å². The Morgan fingerprint density at radius 3 is 3.00 bits per heavy atom. The number of ether oxygens (including phenoxy) is 1. The number of alkyl halides is 2. The molecule has 0 amide bonds. The summed E-state index contributed by atoms with van der Waals surface area (Å²) in [4.78, 5) is 10.4. The van der Waals surface area contributed by atoms with Gasteiger partial charge in [0.1, 0.15) is 6.61 Å². The topological polar surface area (TPSA) is 31.2 Å². The van der Waals surface area contributed by atoms with Crippen molar-refractivity contribution < 1.29 is 18.3 Å². The van der Waals surface area contributed by atoms with Gasteiger partial charge in [-0.1, -0.05) is 0 Å². The molecule has 0 bridgehead atoms. The average Bonchev–Trinajstić information content (AvgIpc) is 2.59. The van der Waals surface area contributed by atoms with Crippen LogP contribution in [0.2, 0.25) is 0 Å². The normalized spacial score (nSPS) is 10.8. The number of aromatic nitrogens is 1. The number of rotatable bonds is 6. The van der Waals surface area contributed by atoms with Crippen LogP contribution < -0.4 is 0 Å². The first-order valence-corrected chi connectivity index (χ1v) is 4.20. The zero-order chi connectivity index (χ0) is 10.4. The molecule has 0 unspecified atom stereocenters. The second kappa shape index (κ2) is 5.49. The van der Waals surface area contributed by atoms with Crippen LogP contribution in [0.3, 0.4) is 0 Å².